The van der Waals surface area contributed by atoms with Gasteiger partial charge in [-0.15, -0.1) is 0 Å². The van der Waals surface area contributed by atoms with E-state index >= 15 is 0 Å². The van der Waals surface area contributed by atoms with E-state index in [0.717, 1.165) is 0 Å². The van der Waals surface area contributed by atoms with Crippen molar-refractivity contribution in [1.29, 1.82) is 0 Å². The minimum absolute atomic E-state index is 0.151. The highest BCUT2D eigenvalue weighted by atomic mass is 16.4. The fourth-order valence-corrected chi connectivity index (χ4v) is 2.43. The SMILES string of the molecule is CCN(C(C)=O)C1(C(=O)O)CC(C)C1. The van der Waals surface area contributed by atoms with Crippen molar-refractivity contribution in [3.05, 3.63) is 0 Å². The zero-order valence-electron chi connectivity index (χ0n) is 8.91. The monoisotopic (exact) mass is 199 g/mol. The molecule has 1 fully saturated rings. The van der Waals surface area contributed by atoms with Crippen LogP contribution >= 0.6 is 0 Å². The van der Waals surface area contributed by atoms with Crippen molar-refractivity contribution in [3.63, 3.8) is 0 Å². The van der Waals surface area contributed by atoms with Crippen LogP contribution in [0.25, 0.3) is 0 Å². The molecular formula is C10H17NO3. The molecule has 1 saturated carbocycles. The Kier molecular flexibility index (Phi) is 2.83. The number of nitrogens with zero attached hydrogens (tertiary/aromatic N) is 1. The van der Waals surface area contributed by atoms with Gasteiger partial charge in [0, 0.05) is 13.5 Å². The Morgan fingerprint density at radius 1 is 1.50 bits per heavy atom. The first kappa shape index (κ1) is 11.0. The van der Waals surface area contributed by atoms with Crippen LogP contribution in [-0.2, 0) is 9.59 Å². The predicted molar refractivity (Wildman–Crippen MR) is 51.8 cm³/mol. The highest BCUT2D eigenvalue weighted by molar-refractivity contribution is 5.87. The van der Waals surface area contributed by atoms with Crippen molar-refractivity contribution in [1.82, 2.24) is 4.90 Å². The molecule has 14 heavy (non-hydrogen) atoms. The summed E-state index contributed by atoms with van der Waals surface area (Å²) < 4.78 is 0. The van der Waals surface area contributed by atoms with E-state index < -0.39 is 11.5 Å². The van der Waals surface area contributed by atoms with Gasteiger partial charge < -0.3 is 10.0 Å². The van der Waals surface area contributed by atoms with Gasteiger partial charge in [-0.25, -0.2) is 4.79 Å². The lowest BCUT2D eigenvalue weighted by molar-refractivity contribution is -0.168. The number of likely N-dealkylation sites (N-methyl/N-ethyl adjacent to an activating group) is 1. The lowest BCUT2D eigenvalue weighted by Crippen LogP contribution is -2.63. The Balaban J connectivity index is 2.88. The number of hydrogen-bond donors (Lipinski definition) is 1. The maximum Gasteiger partial charge on any atom is 0.329 e. The largest absolute Gasteiger partial charge is 0.479 e. The molecule has 80 valence electrons. The van der Waals surface area contributed by atoms with Crippen LogP contribution < -0.4 is 0 Å². The molecule has 1 N–H and O–H groups in total. The second kappa shape index (κ2) is 3.59. The van der Waals surface area contributed by atoms with Gasteiger partial charge in [0.15, 0.2) is 0 Å². The minimum atomic E-state index is -0.917. The van der Waals surface area contributed by atoms with Gasteiger partial charge in [0.2, 0.25) is 5.91 Å². The summed E-state index contributed by atoms with van der Waals surface area (Å²) in [5.74, 6) is -0.617. The van der Waals surface area contributed by atoms with Gasteiger partial charge in [-0.1, -0.05) is 6.92 Å². The Morgan fingerprint density at radius 3 is 2.21 bits per heavy atom. The molecule has 0 bridgehead atoms. The van der Waals surface area contributed by atoms with E-state index in [-0.39, 0.29) is 5.91 Å². The lowest BCUT2D eigenvalue weighted by Gasteiger charge is -2.49. The number of carboxylic acids is 1. The highest BCUT2D eigenvalue weighted by Crippen LogP contribution is 2.42. The second-order valence-electron chi connectivity index (χ2n) is 4.11. The predicted octanol–water partition coefficient (Wildman–Crippen LogP) is 1.11. The lowest BCUT2D eigenvalue weighted by atomic mass is 9.68. The highest BCUT2D eigenvalue weighted by Gasteiger charge is 2.53. The Labute approximate surface area is 83.9 Å². The summed E-state index contributed by atoms with van der Waals surface area (Å²) in [5, 5.41) is 9.16. The smallest absolute Gasteiger partial charge is 0.329 e. The molecule has 4 heteroatoms. The number of hydrogen-bond acceptors (Lipinski definition) is 2. The second-order valence-corrected chi connectivity index (χ2v) is 4.11. The van der Waals surface area contributed by atoms with Crippen LogP contribution in [0.3, 0.4) is 0 Å². The summed E-state index contributed by atoms with van der Waals surface area (Å²) >= 11 is 0. The standard InChI is InChI=1S/C10H17NO3/c1-4-11(8(3)12)10(9(13)14)5-7(2)6-10/h7H,4-6H2,1-3H3,(H,13,14). The van der Waals surface area contributed by atoms with Crippen molar-refractivity contribution >= 4 is 11.9 Å². The van der Waals surface area contributed by atoms with E-state index in [9.17, 15) is 9.59 Å². The van der Waals surface area contributed by atoms with Gasteiger partial charge in [-0.05, 0) is 25.7 Å². The van der Waals surface area contributed by atoms with E-state index in [1.54, 1.807) is 0 Å². The number of carbonyl (C=O) groups is 2. The number of carbonyl (C=O) groups excluding carboxylic acids is 1. The average molecular weight is 199 g/mol. The van der Waals surface area contributed by atoms with Gasteiger partial charge in [0.05, 0.1) is 0 Å². The molecule has 0 unspecified atom stereocenters. The summed E-state index contributed by atoms with van der Waals surface area (Å²) in [6, 6.07) is 0. The Bertz CT molecular complexity index is 256. The molecule has 1 aliphatic carbocycles. The van der Waals surface area contributed by atoms with Crippen LogP contribution in [0.4, 0.5) is 0 Å². The molecule has 0 aromatic heterocycles. The molecule has 0 aliphatic heterocycles. The minimum Gasteiger partial charge on any atom is -0.479 e. The van der Waals surface area contributed by atoms with Gasteiger partial charge in [0.25, 0.3) is 0 Å². The summed E-state index contributed by atoms with van der Waals surface area (Å²) in [5.41, 5.74) is -0.917. The average Bonchev–Trinajstić information content (AvgIpc) is 2.00. The topological polar surface area (TPSA) is 57.6 Å². The number of amides is 1. The summed E-state index contributed by atoms with van der Waals surface area (Å²) in [4.78, 5) is 23.9. The molecule has 0 atom stereocenters. The number of rotatable bonds is 3. The quantitative estimate of drug-likeness (QED) is 0.740. The van der Waals surface area contributed by atoms with Gasteiger partial charge in [0.1, 0.15) is 5.54 Å². The van der Waals surface area contributed by atoms with Gasteiger partial charge in [-0.3, -0.25) is 4.79 Å². The van der Waals surface area contributed by atoms with E-state index in [0.29, 0.717) is 25.3 Å². The first-order valence-electron chi connectivity index (χ1n) is 4.95. The normalized spacial score (nSPS) is 30.6. The van der Waals surface area contributed by atoms with E-state index in [1.807, 2.05) is 13.8 Å². The molecular weight excluding hydrogens is 182 g/mol. The molecule has 4 nitrogen and oxygen atoms in total. The van der Waals surface area contributed by atoms with E-state index in [1.165, 1.54) is 11.8 Å². The molecule has 0 aromatic carbocycles. The number of carboxylic acid groups (broad SMARTS) is 1. The van der Waals surface area contributed by atoms with Crippen molar-refractivity contribution in [2.75, 3.05) is 6.54 Å². The summed E-state index contributed by atoms with van der Waals surface area (Å²) in [7, 11) is 0. The third-order valence-corrected chi connectivity index (χ3v) is 2.98. The molecule has 1 rings (SSSR count). The third-order valence-electron chi connectivity index (χ3n) is 2.98. The van der Waals surface area contributed by atoms with Crippen molar-refractivity contribution < 1.29 is 14.7 Å². The fourth-order valence-electron chi connectivity index (χ4n) is 2.43. The van der Waals surface area contributed by atoms with Crippen LogP contribution in [0.5, 0.6) is 0 Å². The molecule has 1 aliphatic rings. The third kappa shape index (κ3) is 1.49. The van der Waals surface area contributed by atoms with E-state index in [4.69, 9.17) is 5.11 Å². The van der Waals surface area contributed by atoms with E-state index in [2.05, 4.69) is 0 Å². The first-order valence-corrected chi connectivity index (χ1v) is 4.95. The van der Waals surface area contributed by atoms with Crippen LogP contribution in [0, 0.1) is 5.92 Å². The van der Waals surface area contributed by atoms with Crippen molar-refractivity contribution in [2.24, 2.45) is 5.92 Å². The molecule has 0 radical (unpaired) electrons. The summed E-state index contributed by atoms with van der Waals surface area (Å²) in [6.45, 7) is 5.72. The molecule has 0 aromatic rings. The summed E-state index contributed by atoms with van der Waals surface area (Å²) in [6.07, 6.45) is 1.16. The van der Waals surface area contributed by atoms with Crippen LogP contribution in [0.2, 0.25) is 0 Å². The van der Waals surface area contributed by atoms with Crippen LogP contribution in [-0.4, -0.2) is 34.0 Å². The maximum atomic E-state index is 11.3. The zero-order valence-corrected chi connectivity index (χ0v) is 8.91. The maximum absolute atomic E-state index is 11.3. The van der Waals surface area contributed by atoms with Gasteiger partial charge in [-0.2, -0.15) is 0 Å². The molecule has 1 amide bonds. The Hall–Kier alpha value is -1.06. The molecule has 0 spiro atoms. The van der Waals surface area contributed by atoms with Crippen LogP contribution in [0.1, 0.15) is 33.6 Å². The van der Waals surface area contributed by atoms with Crippen molar-refractivity contribution in [2.45, 2.75) is 39.2 Å². The number of aliphatic carboxylic acids is 1. The molecule has 0 saturated heterocycles. The van der Waals surface area contributed by atoms with Crippen molar-refractivity contribution in [3.8, 4) is 0 Å². The molecule has 0 heterocycles. The first-order chi connectivity index (χ1) is 6.44. The fraction of sp³-hybridized carbons (Fsp3) is 0.800. The zero-order chi connectivity index (χ0) is 10.9. The Morgan fingerprint density at radius 2 is 2.00 bits per heavy atom. The van der Waals surface area contributed by atoms with Crippen LogP contribution in [0.15, 0.2) is 0 Å². The van der Waals surface area contributed by atoms with Gasteiger partial charge >= 0.3 is 5.97 Å².